The van der Waals surface area contributed by atoms with Crippen molar-refractivity contribution in [3.8, 4) is 0 Å². The molecule has 1 atom stereocenters. The van der Waals surface area contributed by atoms with Crippen LogP contribution in [0, 0.1) is 0 Å². The maximum atomic E-state index is 9.08. The van der Waals surface area contributed by atoms with Crippen LogP contribution in [-0.4, -0.2) is 11.0 Å². The zero-order valence-corrected chi connectivity index (χ0v) is 5.26. The number of dihydropyridines is 1. The van der Waals surface area contributed by atoms with Crippen LogP contribution < -0.4 is 11.1 Å². The molecule has 3 nitrogen and oxygen atoms in total. The van der Waals surface area contributed by atoms with Crippen LogP contribution in [0.5, 0.6) is 0 Å². The normalized spacial score (nSPS) is 33.4. The Balaban J connectivity index is 2.78. The van der Waals surface area contributed by atoms with Crippen molar-refractivity contribution in [1.82, 2.24) is 5.32 Å². The van der Waals surface area contributed by atoms with E-state index in [1.807, 2.05) is 13.0 Å². The van der Waals surface area contributed by atoms with Gasteiger partial charge in [0, 0.05) is 6.20 Å². The van der Waals surface area contributed by atoms with Crippen molar-refractivity contribution >= 4 is 0 Å². The van der Waals surface area contributed by atoms with Gasteiger partial charge >= 0.3 is 0 Å². The van der Waals surface area contributed by atoms with Crippen LogP contribution in [-0.2, 0) is 0 Å². The molecule has 0 saturated heterocycles. The lowest BCUT2D eigenvalue weighted by molar-refractivity contribution is 0.0741. The molecule has 0 radical (unpaired) electrons. The van der Waals surface area contributed by atoms with Crippen molar-refractivity contribution in [2.45, 2.75) is 12.8 Å². The van der Waals surface area contributed by atoms with Crippen LogP contribution in [0.4, 0.5) is 0 Å². The van der Waals surface area contributed by atoms with E-state index in [1.54, 1.807) is 12.3 Å². The first-order valence-electron chi connectivity index (χ1n) is 2.75. The van der Waals surface area contributed by atoms with Gasteiger partial charge in [0.15, 0.2) is 0 Å². The van der Waals surface area contributed by atoms with Crippen molar-refractivity contribution in [2.24, 2.45) is 5.73 Å². The topological polar surface area (TPSA) is 58.3 Å². The highest BCUT2D eigenvalue weighted by molar-refractivity contribution is 5.23. The molecule has 9 heavy (non-hydrogen) atoms. The molecule has 0 spiro atoms. The molecule has 1 rings (SSSR count). The van der Waals surface area contributed by atoms with Gasteiger partial charge in [-0.1, -0.05) is 0 Å². The van der Waals surface area contributed by atoms with Crippen LogP contribution in [0.1, 0.15) is 6.92 Å². The SMILES string of the molecule is CC1=CC(N)(O)NC=C1. The van der Waals surface area contributed by atoms with E-state index in [1.165, 1.54) is 0 Å². The predicted molar refractivity (Wildman–Crippen MR) is 35.2 cm³/mol. The van der Waals surface area contributed by atoms with Crippen LogP contribution in [0.25, 0.3) is 0 Å². The molecule has 0 aromatic heterocycles. The van der Waals surface area contributed by atoms with Crippen molar-refractivity contribution in [2.75, 3.05) is 0 Å². The van der Waals surface area contributed by atoms with E-state index >= 15 is 0 Å². The lowest BCUT2D eigenvalue weighted by Gasteiger charge is -2.22. The molecule has 0 aliphatic carbocycles. The maximum absolute atomic E-state index is 9.08. The third kappa shape index (κ3) is 1.55. The summed E-state index contributed by atoms with van der Waals surface area (Å²) in [4.78, 5) is 0. The van der Waals surface area contributed by atoms with Crippen LogP contribution >= 0.6 is 0 Å². The molecule has 0 aromatic carbocycles. The highest BCUT2D eigenvalue weighted by Crippen LogP contribution is 2.05. The van der Waals surface area contributed by atoms with E-state index in [9.17, 15) is 0 Å². The number of aliphatic hydroxyl groups is 1. The van der Waals surface area contributed by atoms with Crippen molar-refractivity contribution in [1.29, 1.82) is 0 Å². The van der Waals surface area contributed by atoms with Crippen molar-refractivity contribution in [3.05, 3.63) is 23.9 Å². The third-order valence-corrected chi connectivity index (χ3v) is 1.11. The van der Waals surface area contributed by atoms with Gasteiger partial charge in [-0.05, 0) is 24.6 Å². The number of hydrogen-bond donors (Lipinski definition) is 3. The molecule has 1 unspecified atom stereocenters. The maximum Gasteiger partial charge on any atom is 0.211 e. The minimum Gasteiger partial charge on any atom is -0.355 e. The summed E-state index contributed by atoms with van der Waals surface area (Å²) in [6, 6.07) is 0. The fourth-order valence-corrected chi connectivity index (χ4v) is 0.743. The summed E-state index contributed by atoms with van der Waals surface area (Å²) in [5.41, 5.74) is 6.24. The average Bonchev–Trinajstić information content (AvgIpc) is 1.60. The summed E-state index contributed by atoms with van der Waals surface area (Å²) in [6.07, 6.45) is 5.00. The zero-order valence-electron chi connectivity index (χ0n) is 5.26. The van der Waals surface area contributed by atoms with Crippen LogP contribution in [0.15, 0.2) is 23.9 Å². The molecule has 0 bridgehead atoms. The number of nitrogens with two attached hydrogens (primary N) is 1. The first-order valence-corrected chi connectivity index (χ1v) is 2.75. The Kier molecular flexibility index (Phi) is 1.31. The predicted octanol–water partition coefficient (Wildman–Crippen LogP) is -0.346. The Bertz CT molecular complexity index is 170. The van der Waals surface area contributed by atoms with E-state index in [0.717, 1.165) is 5.57 Å². The van der Waals surface area contributed by atoms with Gasteiger partial charge in [-0.25, -0.2) is 0 Å². The Labute approximate surface area is 53.9 Å². The highest BCUT2D eigenvalue weighted by Gasteiger charge is 2.16. The number of allylic oxidation sites excluding steroid dienone is 2. The number of nitrogens with one attached hydrogen (secondary N) is 1. The van der Waals surface area contributed by atoms with Crippen molar-refractivity contribution < 1.29 is 5.11 Å². The standard InChI is InChI=1S/C6H10N2O/c1-5-2-3-8-6(7,9)4-5/h2-4,8-9H,7H2,1H3. The fourth-order valence-electron chi connectivity index (χ4n) is 0.743. The Morgan fingerprint density at radius 3 is 2.78 bits per heavy atom. The summed E-state index contributed by atoms with van der Waals surface area (Å²) in [5.74, 6) is -1.35. The molecular weight excluding hydrogens is 116 g/mol. The van der Waals surface area contributed by atoms with E-state index in [2.05, 4.69) is 5.32 Å². The third-order valence-electron chi connectivity index (χ3n) is 1.11. The highest BCUT2D eigenvalue weighted by atomic mass is 16.3. The molecule has 0 fully saturated rings. The Morgan fingerprint density at radius 2 is 2.44 bits per heavy atom. The molecule has 50 valence electrons. The Morgan fingerprint density at radius 1 is 1.78 bits per heavy atom. The summed E-state index contributed by atoms with van der Waals surface area (Å²) < 4.78 is 0. The van der Waals surface area contributed by atoms with E-state index in [4.69, 9.17) is 10.8 Å². The van der Waals surface area contributed by atoms with Crippen LogP contribution in [0.3, 0.4) is 0 Å². The molecule has 0 amide bonds. The molecule has 1 aliphatic rings. The second kappa shape index (κ2) is 1.86. The second-order valence-corrected chi connectivity index (χ2v) is 2.19. The average molecular weight is 126 g/mol. The van der Waals surface area contributed by atoms with E-state index < -0.39 is 5.85 Å². The first-order chi connectivity index (χ1) is 4.10. The minimum absolute atomic E-state index is 0.957. The smallest absolute Gasteiger partial charge is 0.211 e. The Hall–Kier alpha value is -0.800. The zero-order chi connectivity index (χ0) is 6.91. The molecule has 0 saturated carbocycles. The van der Waals surface area contributed by atoms with E-state index in [-0.39, 0.29) is 0 Å². The minimum atomic E-state index is -1.35. The van der Waals surface area contributed by atoms with Gasteiger partial charge in [-0.15, -0.1) is 0 Å². The summed E-state index contributed by atoms with van der Waals surface area (Å²) in [6.45, 7) is 1.87. The van der Waals surface area contributed by atoms with Gasteiger partial charge in [-0.2, -0.15) is 0 Å². The fraction of sp³-hybridized carbons (Fsp3) is 0.333. The lowest BCUT2D eigenvalue weighted by atomic mass is 10.2. The summed E-state index contributed by atoms with van der Waals surface area (Å²) in [7, 11) is 0. The molecule has 0 aromatic rings. The number of rotatable bonds is 0. The van der Waals surface area contributed by atoms with Crippen molar-refractivity contribution in [3.63, 3.8) is 0 Å². The van der Waals surface area contributed by atoms with E-state index in [0.29, 0.717) is 0 Å². The summed E-state index contributed by atoms with van der Waals surface area (Å²) >= 11 is 0. The lowest BCUT2D eigenvalue weighted by Crippen LogP contribution is -2.50. The molecule has 1 heterocycles. The van der Waals surface area contributed by atoms with Gasteiger partial charge in [-0.3, -0.25) is 5.73 Å². The molecule has 4 N–H and O–H groups in total. The van der Waals surface area contributed by atoms with Gasteiger partial charge in [0.2, 0.25) is 5.85 Å². The molecule has 1 aliphatic heterocycles. The largest absolute Gasteiger partial charge is 0.355 e. The number of hydrogen-bond acceptors (Lipinski definition) is 3. The monoisotopic (exact) mass is 126 g/mol. The summed E-state index contributed by atoms with van der Waals surface area (Å²) in [5, 5.41) is 11.6. The van der Waals surface area contributed by atoms with Gasteiger partial charge < -0.3 is 10.4 Å². The van der Waals surface area contributed by atoms with Crippen LogP contribution in [0.2, 0.25) is 0 Å². The van der Waals surface area contributed by atoms with Gasteiger partial charge in [0.05, 0.1) is 0 Å². The quantitative estimate of drug-likeness (QED) is 0.389. The van der Waals surface area contributed by atoms with Gasteiger partial charge in [0.1, 0.15) is 0 Å². The molecular formula is C6H10N2O. The first kappa shape index (κ1) is 6.32. The second-order valence-electron chi connectivity index (χ2n) is 2.19. The van der Waals surface area contributed by atoms with Gasteiger partial charge in [0.25, 0.3) is 0 Å². The molecule has 3 heteroatoms.